The summed E-state index contributed by atoms with van der Waals surface area (Å²) in [4.78, 5) is 15.8. The quantitative estimate of drug-likeness (QED) is 0.574. The van der Waals surface area contributed by atoms with E-state index in [9.17, 15) is 4.79 Å². The lowest BCUT2D eigenvalue weighted by Gasteiger charge is -2.18. The van der Waals surface area contributed by atoms with Crippen LogP contribution in [0.3, 0.4) is 0 Å². The lowest BCUT2D eigenvalue weighted by Crippen LogP contribution is -2.23. The van der Waals surface area contributed by atoms with Gasteiger partial charge in [0.05, 0.1) is 0 Å². The number of hydrogen-bond acceptors (Lipinski definition) is 5. The van der Waals surface area contributed by atoms with Gasteiger partial charge in [0, 0.05) is 12.1 Å². The first kappa shape index (κ1) is 18.2. The van der Waals surface area contributed by atoms with Crippen LogP contribution in [0.1, 0.15) is 22.5 Å². The SMILES string of the molecule is CN(C)CCCN(C)Cc1ccc(-c2ccc(C(=O)NO)o2)cc1. The minimum atomic E-state index is -0.655. The van der Waals surface area contributed by atoms with Crippen molar-refractivity contribution in [1.29, 1.82) is 0 Å². The van der Waals surface area contributed by atoms with Crippen LogP contribution in [0.15, 0.2) is 40.8 Å². The molecule has 0 spiro atoms. The minimum Gasteiger partial charge on any atom is -0.451 e. The van der Waals surface area contributed by atoms with E-state index in [1.54, 1.807) is 11.5 Å². The van der Waals surface area contributed by atoms with Crippen LogP contribution in [0, 0.1) is 0 Å². The number of nitrogens with zero attached hydrogens (tertiary/aromatic N) is 2. The third-order valence-electron chi connectivity index (χ3n) is 3.77. The predicted molar refractivity (Wildman–Crippen MR) is 92.9 cm³/mol. The van der Waals surface area contributed by atoms with Crippen molar-refractivity contribution in [2.75, 3.05) is 34.2 Å². The number of hydrogen-bond donors (Lipinski definition) is 2. The Morgan fingerprint density at radius 1 is 1.08 bits per heavy atom. The smallest absolute Gasteiger partial charge is 0.310 e. The highest BCUT2D eigenvalue weighted by molar-refractivity contribution is 5.91. The predicted octanol–water partition coefficient (Wildman–Crippen LogP) is 2.45. The highest BCUT2D eigenvalue weighted by Gasteiger charge is 2.11. The van der Waals surface area contributed by atoms with Crippen molar-refractivity contribution < 1.29 is 14.4 Å². The molecule has 2 rings (SSSR count). The fraction of sp³-hybridized carbons (Fsp3) is 0.389. The second kappa shape index (κ2) is 8.63. The van der Waals surface area contributed by atoms with Crippen molar-refractivity contribution in [2.45, 2.75) is 13.0 Å². The summed E-state index contributed by atoms with van der Waals surface area (Å²) < 4.78 is 5.43. The number of carbonyl (C=O) groups is 1. The molecule has 1 aromatic heterocycles. The third kappa shape index (κ3) is 5.19. The molecule has 0 radical (unpaired) electrons. The molecule has 1 heterocycles. The molecule has 130 valence electrons. The molecule has 0 unspecified atom stereocenters. The molecule has 0 aliphatic carbocycles. The van der Waals surface area contributed by atoms with E-state index in [1.807, 2.05) is 12.1 Å². The monoisotopic (exact) mass is 331 g/mol. The van der Waals surface area contributed by atoms with Gasteiger partial charge < -0.3 is 14.2 Å². The van der Waals surface area contributed by atoms with Gasteiger partial charge in [0.15, 0.2) is 5.76 Å². The van der Waals surface area contributed by atoms with E-state index < -0.39 is 5.91 Å². The molecular weight excluding hydrogens is 306 g/mol. The van der Waals surface area contributed by atoms with Crippen molar-refractivity contribution in [3.05, 3.63) is 47.7 Å². The largest absolute Gasteiger partial charge is 0.451 e. The van der Waals surface area contributed by atoms with Crippen LogP contribution in [-0.2, 0) is 6.54 Å². The minimum absolute atomic E-state index is 0.0807. The third-order valence-corrected chi connectivity index (χ3v) is 3.77. The van der Waals surface area contributed by atoms with E-state index in [4.69, 9.17) is 9.62 Å². The molecule has 2 N–H and O–H groups in total. The first-order valence-corrected chi connectivity index (χ1v) is 7.96. The summed E-state index contributed by atoms with van der Waals surface area (Å²) in [6, 6.07) is 11.3. The molecule has 6 nitrogen and oxygen atoms in total. The number of nitrogens with one attached hydrogen (secondary N) is 1. The van der Waals surface area contributed by atoms with E-state index in [0.717, 1.165) is 31.6 Å². The highest BCUT2D eigenvalue weighted by atomic mass is 16.5. The van der Waals surface area contributed by atoms with Crippen LogP contribution in [0.4, 0.5) is 0 Å². The molecule has 0 saturated heterocycles. The van der Waals surface area contributed by atoms with Gasteiger partial charge in [-0.05, 0) is 58.3 Å². The van der Waals surface area contributed by atoms with E-state index >= 15 is 0 Å². The van der Waals surface area contributed by atoms with Crippen molar-refractivity contribution in [3.63, 3.8) is 0 Å². The number of benzene rings is 1. The molecule has 0 saturated carbocycles. The zero-order valence-electron chi connectivity index (χ0n) is 14.5. The molecule has 0 aliphatic rings. The zero-order valence-corrected chi connectivity index (χ0v) is 14.5. The van der Waals surface area contributed by atoms with Gasteiger partial charge in [0.25, 0.3) is 0 Å². The summed E-state index contributed by atoms with van der Waals surface area (Å²) in [5, 5.41) is 8.61. The van der Waals surface area contributed by atoms with Crippen molar-refractivity contribution in [2.24, 2.45) is 0 Å². The van der Waals surface area contributed by atoms with Gasteiger partial charge in [0.1, 0.15) is 5.76 Å². The second-order valence-electron chi connectivity index (χ2n) is 6.20. The van der Waals surface area contributed by atoms with Crippen molar-refractivity contribution in [3.8, 4) is 11.3 Å². The van der Waals surface area contributed by atoms with Gasteiger partial charge in [0.2, 0.25) is 0 Å². The Hall–Kier alpha value is -2.15. The normalized spacial score (nSPS) is 11.2. The molecule has 0 aliphatic heterocycles. The molecule has 0 bridgehead atoms. The van der Waals surface area contributed by atoms with Crippen LogP contribution in [0.5, 0.6) is 0 Å². The lowest BCUT2D eigenvalue weighted by atomic mass is 10.1. The topological polar surface area (TPSA) is 69.0 Å². The van der Waals surface area contributed by atoms with E-state index in [0.29, 0.717) is 5.76 Å². The van der Waals surface area contributed by atoms with Gasteiger partial charge in [-0.25, -0.2) is 5.48 Å². The Bertz CT molecular complexity index is 650. The van der Waals surface area contributed by atoms with Crippen LogP contribution in [0.2, 0.25) is 0 Å². The summed E-state index contributed by atoms with van der Waals surface area (Å²) in [5.41, 5.74) is 3.68. The Morgan fingerprint density at radius 2 is 1.79 bits per heavy atom. The first-order valence-electron chi connectivity index (χ1n) is 7.96. The summed E-state index contributed by atoms with van der Waals surface area (Å²) in [5.74, 6) is 0.0221. The lowest BCUT2D eigenvalue weighted by molar-refractivity contribution is 0.0677. The maximum absolute atomic E-state index is 11.3. The van der Waals surface area contributed by atoms with Gasteiger partial charge in [-0.2, -0.15) is 0 Å². The number of rotatable bonds is 8. The molecule has 6 heteroatoms. The standard InChI is InChI=1S/C18H25N3O3/c1-20(2)11-4-12-21(3)13-14-5-7-15(8-6-14)16-9-10-17(24-16)18(22)19-23/h5-10,23H,4,11-13H2,1-3H3,(H,19,22). The van der Waals surface area contributed by atoms with Gasteiger partial charge in [-0.15, -0.1) is 0 Å². The Labute approximate surface area is 142 Å². The van der Waals surface area contributed by atoms with Crippen LogP contribution in [0.25, 0.3) is 11.3 Å². The van der Waals surface area contributed by atoms with Gasteiger partial charge in [-0.3, -0.25) is 10.0 Å². The van der Waals surface area contributed by atoms with Crippen molar-refractivity contribution in [1.82, 2.24) is 15.3 Å². The van der Waals surface area contributed by atoms with E-state index in [1.165, 1.54) is 11.6 Å². The number of amides is 1. The molecule has 1 aromatic carbocycles. The molecule has 2 aromatic rings. The average molecular weight is 331 g/mol. The number of carbonyl (C=O) groups excluding carboxylic acids is 1. The molecule has 1 amide bonds. The summed E-state index contributed by atoms with van der Waals surface area (Å²) >= 11 is 0. The molecule has 24 heavy (non-hydrogen) atoms. The van der Waals surface area contributed by atoms with Crippen LogP contribution < -0.4 is 5.48 Å². The van der Waals surface area contributed by atoms with Crippen LogP contribution >= 0.6 is 0 Å². The van der Waals surface area contributed by atoms with Crippen molar-refractivity contribution >= 4 is 5.91 Å². The fourth-order valence-corrected chi connectivity index (χ4v) is 2.49. The second-order valence-corrected chi connectivity index (χ2v) is 6.20. The first-order chi connectivity index (χ1) is 11.5. The maximum Gasteiger partial charge on any atom is 0.310 e. The van der Waals surface area contributed by atoms with Gasteiger partial charge in [-0.1, -0.05) is 24.3 Å². The molecule has 0 atom stereocenters. The maximum atomic E-state index is 11.3. The number of hydroxylamine groups is 1. The molecular formula is C18H25N3O3. The van der Waals surface area contributed by atoms with E-state index in [2.05, 4.69) is 43.1 Å². The fourth-order valence-electron chi connectivity index (χ4n) is 2.49. The molecule has 0 fully saturated rings. The summed E-state index contributed by atoms with van der Waals surface area (Å²) in [6.07, 6.45) is 1.14. The zero-order chi connectivity index (χ0) is 17.5. The summed E-state index contributed by atoms with van der Waals surface area (Å²) in [7, 11) is 6.29. The summed E-state index contributed by atoms with van der Waals surface area (Å²) in [6.45, 7) is 3.04. The Morgan fingerprint density at radius 3 is 2.42 bits per heavy atom. The highest BCUT2D eigenvalue weighted by Crippen LogP contribution is 2.23. The van der Waals surface area contributed by atoms with Crippen LogP contribution in [-0.4, -0.2) is 55.1 Å². The van der Waals surface area contributed by atoms with Gasteiger partial charge >= 0.3 is 5.91 Å². The Balaban J connectivity index is 1.93. The number of furan rings is 1. The van der Waals surface area contributed by atoms with E-state index in [-0.39, 0.29) is 5.76 Å². The Kier molecular flexibility index (Phi) is 6.54. The average Bonchev–Trinajstić information content (AvgIpc) is 3.04.